The Hall–Kier alpha value is -0.580. The third-order valence-electron chi connectivity index (χ3n) is 3.15. The number of carbonyl (C=O) groups excluding carboxylic acids is 1. The zero-order chi connectivity index (χ0) is 12.3. The van der Waals surface area contributed by atoms with Gasteiger partial charge < -0.3 is 10.2 Å². The molecule has 18 heavy (non-hydrogen) atoms. The van der Waals surface area contributed by atoms with Crippen LogP contribution in [0.4, 0.5) is 0 Å². The Morgan fingerprint density at radius 1 is 1.50 bits per heavy atom. The Kier molecular flexibility index (Phi) is 6.12. The second-order valence-electron chi connectivity index (χ2n) is 4.30. The normalized spacial score (nSPS) is 13.8. The molecule has 0 saturated carbocycles. The lowest BCUT2D eigenvalue weighted by molar-refractivity contribution is -0.132. The van der Waals surface area contributed by atoms with Crippen LogP contribution in [0.5, 0.6) is 0 Å². The van der Waals surface area contributed by atoms with Gasteiger partial charge in [0.15, 0.2) is 0 Å². The van der Waals surface area contributed by atoms with E-state index < -0.39 is 0 Å². The summed E-state index contributed by atoms with van der Waals surface area (Å²) in [6.45, 7) is 2.33. The second kappa shape index (κ2) is 7.12. The molecule has 0 atom stereocenters. The zero-order valence-electron chi connectivity index (χ0n) is 10.4. The molecule has 1 aliphatic rings. The van der Waals surface area contributed by atoms with Gasteiger partial charge in [0, 0.05) is 30.5 Å². The maximum absolute atomic E-state index is 11.9. The van der Waals surface area contributed by atoms with E-state index in [0.29, 0.717) is 6.42 Å². The van der Waals surface area contributed by atoms with E-state index in [9.17, 15) is 4.79 Å². The van der Waals surface area contributed by atoms with Gasteiger partial charge >= 0.3 is 0 Å². The van der Waals surface area contributed by atoms with E-state index >= 15 is 0 Å². The minimum atomic E-state index is 0. The number of benzene rings is 1. The Morgan fingerprint density at radius 3 is 3.00 bits per heavy atom. The van der Waals surface area contributed by atoms with Crippen LogP contribution in [0.2, 0.25) is 0 Å². The second-order valence-corrected chi connectivity index (χ2v) is 5.15. The van der Waals surface area contributed by atoms with Crippen molar-refractivity contribution in [3.8, 4) is 0 Å². The number of carbonyl (C=O) groups is 1. The van der Waals surface area contributed by atoms with E-state index in [1.165, 1.54) is 11.1 Å². The fourth-order valence-corrected chi connectivity index (χ4v) is 2.77. The molecular weight excluding hydrogens is 316 g/mol. The standard InChI is InChI=1S/C13H17BrN2O.ClH/c1-15-7-5-13(17)16-8-6-11-10(9-16)3-2-4-12(11)14;/h2-4,15H,5-9H2,1H3;1H. The van der Waals surface area contributed by atoms with Crippen molar-refractivity contribution in [3.63, 3.8) is 0 Å². The van der Waals surface area contributed by atoms with E-state index in [0.717, 1.165) is 30.5 Å². The quantitative estimate of drug-likeness (QED) is 0.921. The Bertz CT molecular complexity index is 425. The molecule has 0 fully saturated rings. The summed E-state index contributed by atoms with van der Waals surface area (Å²) in [5.74, 6) is 0.241. The molecule has 0 unspecified atom stereocenters. The molecular formula is C13H18BrClN2O. The van der Waals surface area contributed by atoms with Gasteiger partial charge in [-0.25, -0.2) is 0 Å². The molecule has 1 aromatic carbocycles. The number of fused-ring (bicyclic) bond motifs is 1. The van der Waals surface area contributed by atoms with Crippen LogP contribution >= 0.6 is 28.3 Å². The smallest absolute Gasteiger partial charge is 0.224 e. The molecule has 100 valence electrons. The lowest BCUT2D eigenvalue weighted by atomic mass is 10.00. The number of hydrogen-bond acceptors (Lipinski definition) is 2. The van der Waals surface area contributed by atoms with Crippen LogP contribution in [0.1, 0.15) is 17.5 Å². The number of halogens is 2. The fraction of sp³-hybridized carbons (Fsp3) is 0.462. The molecule has 1 amide bonds. The van der Waals surface area contributed by atoms with Crippen LogP contribution in [0.15, 0.2) is 22.7 Å². The lowest BCUT2D eigenvalue weighted by Crippen LogP contribution is -2.37. The van der Waals surface area contributed by atoms with Gasteiger partial charge in [-0.1, -0.05) is 28.1 Å². The van der Waals surface area contributed by atoms with Crippen LogP contribution < -0.4 is 5.32 Å². The van der Waals surface area contributed by atoms with Crippen molar-refractivity contribution in [1.29, 1.82) is 0 Å². The van der Waals surface area contributed by atoms with E-state index in [-0.39, 0.29) is 18.3 Å². The monoisotopic (exact) mass is 332 g/mol. The molecule has 1 heterocycles. The summed E-state index contributed by atoms with van der Waals surface area (Å²) in [6.07, 6.45) is 1.53. The summed E-state index contributed by atoms with van der Waals surface area (Å²) in [5.41, 5.74) is 2.62. The van der Waals surface area contributed by atoms with Crippen molar-refractivity contribution < 1.29 is 4.79 Å². The van der Waals surface area contributed by atoms with Crippen LogP contribution in [-0.4, -0.2) is 30.9 Å². The molecule has 3 nitrogen and oxygen atoms in total. The third kappa shape index (κ3) is 3.46. The summed E-state index contributed by atoms with van der Waals surface area (Å²) in [5, 5.41) is 3.01. The van der Waals surface area contributed by atoms with Crippen molar-refractivity contribution in [2.75, 3.05) is 20.1 Å². The highest BCUT2D eigenvalue weighted by molar-refractivity contribution is 9.10. The van der Waals surface area contributed by atoms with Gasteiger partial charge in [0.1, 0.15) is 0 Å². The molecule has 2 rings (SSSR count). The van der Waals surface area contributed by atoms with Gasteiger partial charge in [0.25, 0.3) is 0 Å². The summed E-state index contributed by atoms with van der Waals surface area (Å²) in [7, 11) is 1.87. The molecule has 1 aromatic rings. The third-order valence-corrected chi connectivity index (χ3v) is 3.89. The van der Waals surface area contributed by atoms with Gasteiger partial charge in [-0.2, -0.15) is 0 Å². The van der Waals surface area contributed by atoms with Crippen molar-refractivity contribution in [1.82, 2.24) is 10.2 Å². The summed E-state index contributed by atoms with van der Waals surface area (Å²) < 4.78 is 1.16. The summed E-state index contributed by atoms with van der Waals surface area (Å²) >= 11 is 3.57. The van der Waals surface area contributed by atoms with Gasteiger partial charge in [-0.3, -0.25) is 4.79 Å². The Morgan fingerprint density at radius 2 is 2.28 bits per heavy atom. The number of nitrogens with one attached hydrogen (secondary N) is 1. The van der Waals surface area contributed by atoms with Gasteiger partial charge in [-0.15, -0.1) is 12.4 Å². The van der Waals surface area contributed by atoms with Crippen LogP contribution in [0.3, 0.4) is 0 Å². The van der Waals surface area contributed by atoms with E-state index in [4.69, 9.17) is 0 Å². The first-order valence-corrected chi connectivity index (χ1v) is 6.70. The minimum Gasteiger partial charge on any atom is -0.338 e. The molecule has 0 aliphatic carbocycles. The number of nitrogens with zero attached hydrogens (tertiary/aromatic N) is 1. The molecule has 0 radical (unpaired) electrons. The summed E-state index contributed by atoms with van der Waals surface area (Å²) in [6, 6.07) is 6.21. The first kappa shape index (κ1) is 15.5. The summed E-state index contributed by atoms with van der Waals surface area (Å²) in [4.78, 5) is 13.9. The van der Waals surface area contributed by atoms with Gasteiger partial charge in [0.2, 0.25) is 5.91 Å². The molecule has 0 aromatic heterocycles. The number of rotatable bonds is 3. The van der Waals surface area contributed by atoms with Crippen LogP contribution in [0.25, 0.3) is 0 Å². The largest absolute Gasteiger partial charge is 0.338 e. The SMILES string of the molecule is CNCCC(=O)N1CCc2c(Br)cccc2C1.Cl. The molecule has 0 bridgehead atoms. The maximum atomic E-state index is 11.9. The Balaban J connectivity index is 0.00000162. The lowest BCUT2D eigenvalue weighted by Gasteiger charge is -2.29. The van der Waals surface area contributed by atoms with Crippen LogP contribution in [0, 0.1) is 0 Å². The fourth-order valence-electron chi connectivity index (χ4n) is 2.17. The molecule has 0 saturated heterocycles. The molecule has 5 heteroatoms. The predicted octanol–water partition coefficient (Wildman–Crippen LogP) is 2.37. The zero-order valence-corrected chi connectivity index (χ0v) is 12.8. The maximum Gasteiger partial charge on any atom is 0.224 e. The topological polar surface area (TPSA) is 32.3 Å². The van der Waals surface area contributed by atoms with E-state index in [1.54, 1.807) is 0 Å². The number of amides is 1. The highest BCUT2D eigenvalue weighted by Crippen LogP contribution is 2.26. The van der Waals surface area contributed by atoms with E-state index in [2.05, 4.69) is 33.4 Å². The van der Waals surface area contributed by atoms with Gasteiger partial charge in [-0.05, 0) is 30.7 Å². The highest BCUT2D eigenvalue weighted by Gasteiger charge is 2.21. The van der Waals surface area contributed by atoms with E-state index in [1.807, 2.05) is 18.0 Å². The van der Waals surface area contributed by atoms with Crippen LogP contribution in [-0.2, 0) is 17.8 Å². The minimum absolute atomic E-state index is 0. The average Bonchev–Trinajstić information content (AvgIpc) is 2.36. The van der Waals surface area contributed by atoms with Crippen molar-refractivity contribution in [2.45, 2.75) is 19.4 Å². The Labute approximate surface area is 122 Å². The molecule has 1 aliphatic heterocycles. The van der Waals surface area contributed by atoms with Gasteiger partial charge in [0.05, 0.1) is 0 Å². The molecule has 1 N–H and O–H groups in total. The van der Waals surface area contributed by atoms with Crippen molar-refractivity contribution in [3.05, 3.63) is 33.8 Å². The van der Waals surface area contributed by atoms with Crippen molar-refractivity contribution in [2.24, 2.45) is 0 Å². The molecule has 0 spiro atoms. The first-order valence-electron chi connectivity index (χ1n) is 5.91. The highest BCUT2D eigenvalue weighted by atomic mass is 79.9. The number of hydrogen-bond donors (Lipinski definition) is 1. The van der Waals surface area contributed by atoms with Crippen molar-refractivity contribution >= 4 is 34.2 Å². The predicted molar refractivity (Wildman–Crippen MR) is 79.1 cm³/mol. The average molecular weight is 334 g/mol. The first-order chi connectivity index (χ1) is 8.22.